The molecule has 1 amide bonds. The number of hydrogen-bond donors (Lipinski definition) is 2. The normalized spacial score (nSPS) is 10.2. The first-order valence-corrected chi connectivity index (χ1v) is 8.01. The molecule has 2 aromatic carbocycles. The quantitative estimate of drug-likeness (QED) is 0.654. The Labute approximate surface area is 158 Å². The first-order chi connectivity index (χ1) is 13.5. The second kappa shape index (κ2) is 8.21. The van der Waals surface area contributed by atoms with E-state index in [-0.39, 0.29) is 22.8 Å². The van der Waals surface area contributed by atoms with Gasteiger partial charge in [0.15, 0.2) is 0 Å². The summed E-state index contributed by atoms with van der Waals surface area (Å²) in [6.07, 6.45) is 2.37. The van der Waals surface area contributed by atoms with Crippen molar-refractivity contribution < 1.29 is 23.1 Å². The van der Waals surface area contributed by atoms with E-state index in [0.717, 1.165) is 12.1 Å². The molecular formula is C19H14F2N4O3. The molecule has 0 radical (unpaired) electrons. The van der Waals surface area contributed by atoms with Gasteiger partial charge in [-0.25, -0.2) is 23.5 Å². The number of esters is 1. The Bertz CT molecular complexity index is 1010. The van der Waals surface area contributed by atoms with Crippen molar-refractivity contribution in [2.45, 2.75) is 0 Å². The third-order valence-corrected chi connectivity index (χ3v) is 3.69. The van der Waals surface area contributed by atoms with E-state index in [1.165, 1.54) is 31.6 Å². The first-order valence-electron chi connectivity index (χ1n) is 8.01. The molecule has 2 N–H and O–H groups in total. The third kappa shape index (κ3) is 4.09. The smallest absolute Gasteiger partial charge is 0.339 e. The highest BCUT2D eigenvalue weighted by molar-refractivity contribution is 6.07. The lowest BCUT2D eigenvalue weighted by Gasteiger charge is -2.10. The Kier molecular flexibility index (Phi) is 5.54. The van der Waals surface area contributed by atoms with Crippen LogP contribution >= 0.6 is 0 Å². The monoisotopic (exact) mass is 384 g/mol. The molecule has 0 atom stereocenters. The van der Waals surface area contributed by atoms with Gasteiger partial charge in [0.25, 0.3) is 5.91 Å². The number of rotatable bonds is 5. The molecule has 0 bridgehead atoms. The predicted octanol–water partition coefficient (Wildman–Crippen LogP) is 3.54. The Hall–Kier alpha value is -3.88. The van der Waals surface area contributed by atoms with Crippen molar-refractivity contribution in [2.24, 2.45) is 0 Å². The summed E-state index contributed by atoms with van der Waals surface area (Å²) in [5.74, 6) is -2.86. The van der Waals surface area contributed by atoms with E-state index >= 15 is 0 Å². The summed E-state index contributed by atoms with van der Waals surface area (Å²) in [6, 6.07) is 9.74. The highest BCUT2D eigenvalue weighted by atomic mass is 19.1. The largest absolute Gasteiger partial charge is 0.465 e. The lowest BCUT2D eigenvalue weighted by molar-refractivity contribution is 0.0602. The van der Waals surface area contributed by atoms with E-state index in [0.29, 0.717) is 0 Å². The van der Waals surface area contributed by atoms with E-state index in [9.17, 15) is 18.4 Å². The van der Waals surface area contributed by atoms with Crippen molar-refractivity contribution in [3.8, 4) is 0 Å². The third-order valence-electron chi connectivity index (χ3n) is 3.69. The number of hydrogen-bond acceptors (Lipinski definition) is 6. The van der Waals surface area contributed by atoms with Gasteiger partial charge in [-0.1, -0.05) is 18.2 Å². The van der Waals surface area contributed by atoms with Gasteiger partial charge in [-0.3, -0.25) is 4.79 Å². The van der Waals surface area contributed by atoms with Crippen molar-refractivity contribution in [2.75, 3.05) is 17.7 Å². The van der Waals surface area contributed by atoms with Gasteiger partial charge in [-0.2, -0.15) is 0 Å². The van der Waals surface area contributed by atoms with Crippen LogP contribution in [0.1, 0.15) is 20.7 Å². The maximum Gasteiger partial charge on any atom is 0.339 e. The second-order valence-corrected chi connectivity index (χ2v) is 5.51. The summed E-state index contributed by atoms with van der Waals surface area (Å²) >= 11 is 0. The molecule has 0 fully saturated rings. The highest BCUT2D eigenvalue weighted by Gasteiger charge is 2.15. The number of aromatic nitrogens is 2. The molecule has 0 aliphatic heterocycles. The van der Waals surface area contributed by atoms with Crippen molar-refractivity contribution in [3.05, 3.63) is 77.6 Å². The number of carbonyl (C=O) groups excluding carboxylic acids is 2. The molecule has 3 rings (SSSR count). The van der Waals surface area contributed by atoms with Crippen LogP contribution in [0.15, 0.2) is 54.9 Å². The number of ether oxygens (including phenoxy) is 1. The number of para-hydroxylation sites is 2. The molecule has 0 unspecified atom stereocenters. The molecule has 0 saturated carbocycles. The van der Waals surface area contributed by atoms with Gasteiger partial charge in [0, 0.05) is 12.4 Å². The van der Waals surface area contributed by atoms with Gasteiger partial charge < -0.3 is 15.4 Å². The second-order valence-electron chi connectivity index (χ2n) is 5.51. The van der Waals surface area contributed by atoms with Crippen LogP contribution in [0, 0.1) is 11.6 Å². The lowest BCUT2D eigenvalue weighted by atomic mass is 10.1. The molecule has 3 aromatic rings. The zero-order valence-electron chi connectivity index (χ0n) is 14.6. The molecule has 1 aromatic heterocycles. The average Bonchev–Trinajstić information content (AvgIpc) is 2.71. The van der Waals surface area contributed by atoms with E-state index in [1.54, 1.807) is 18.2 Å². The van der Waals surface area contributed by atoms with E-state index in [1.807, 2.05) is 0 Å². The maximum atomic E-state index is 13.7. The molecule has 142 valence electrons. The van der Waals surface area contributed by atoms with Crippen LogP contribution in [-0.2, 0) is 4.74 Å². The Balaban J connectivity index is 1.75. The number of anilines is 3. The van der Waals surface area contributed by atoms with Gasteiger partial charge >= 0.3 is 5.97 Å². The molecular weight excluding hydrogens is 370 g/mol. The number of methoxy groups -OCH3 is 1. The summed E-state index contributed by atoms with van der Waals surface area (Å²) in [5.41, 5.74) is 0.133. The summed E-state index contributed by atoms with van der Waals surface area (Å²) in [7, 11) is 1.24. The molecule has 0 aliphatic carbocycles. The topological polar surface area (TPSA) is 93.2 Å². The van der Waals surface area contributed by atoms with Crippen LogP contribution in [0.2, 0.25) is 0 Å². The zero-order valence-corrected chi connectivity index (χ0v) is 14.6. The fourth-order valence-electron chi connectivity index (χ4n) is 2.31. The number of nitrogens with zero attached hydrogens (tertiary/aromatic N) is 2. The summed E-state index contributed by atoms with van der Waals surface area (Å²) in [5, 5.41) is 4.99. The van der Waals surface area contributed by atoms with E-state index in [4.69, 9.17) is 0 Å². The van der Waals surface area contributed by atoms with Gasteiger partial charge in [0.05, 0.1) is 23.9 Å². The number of benzene rings is 2. The van der Waals surface area contributed by atoms with Gasteiger partial charge in [0.2, 0.25) is 5.95 Å². The molecule has 9 heteroatoms. The number of halogens is 2. The fourth-order valence-corrected chi connectivity index (χ4v) is 2.31. The van der Waals surface area contributed by atoms with Crippen molar-refractivity contribution in [3.63, 3.8) is 0 Å². The van der Waals surface area contributed by atoms with Crippen LogP contribution in [0.5, 0.6) is 0 Å². The summed E-state index contributed by atoms with van der Waals surface area (Å²) in [6.45, 7) is 0. The van der Waals surface area contributed by atoms with Crippen molar-refractivity contribution >= 4 is 29.2 Å². The predicted molar refractivity (Wildman–Crippen MR) is 97.4 cm³/mol. The summed E-state index contributed by atoms with van der Waals surface area (Å²) in [4.78, 5) is 31.9. The summed E-state index contributed by atoms with van der Waals surface area (Å²) < 4.78 is 32.0. The molecule has 0 saturated heterocycles. The number of nitrogens with one attached hydrogen (secondary N) is 2. The molecule has 0 spiro atoms. The van der Waals surface area contributed by atoms with E-state index in [2.05, 4.69) is 25.3 Å². The van der Waals surface area contributed by atoms with Crippen LogP contribution in [0.3, 0.4) is 0 Å². The molecule has 28 heavy (non-hydrogen) atoms. The Morgan fingerprint density at radius 2 is 1.61 bits per heavy atom. The maximum absolute atomic E-state index is 13.7. The van der Waals surface area contributed by atoms with Crippen LogP contribution in [0.4, 0.5) is 26.1 Å². The highest BCUT2D eigenvalue weighted by Crippen LogP contribution is 2.21. The Morgan fingerprint density at radius 1 is 0.964 bits per heavy atom. The minimum Gasteiger partial charge on any atom is -0.465 e. The van der Waals surface area contributed by atoms with E-state index < -0.39 is 29.2 Å². The van der Waals surface area contributed by atoms with Gasteiger partial charge in [0.1, 0.15) is 17.3 Å². The average molecular weight is 384 g/mol. The Morgan fingerprint density at radius 3 is 2.25 bits per heavy atom. The first kappa shape index (κ1) is 18.9. The van der Waals surface area contributed by atoms with Crippen LogP contribution < -0.4 is 10.6 Å². The standard InChI is InChI=1S/C19H14F2N4O3/c1-28-18(27)12-5-2-3-8-15(12)24-17(26)11-9-22-19(23-10-11)25-16-13(20)6-4-7-14(16)21/h2-10H,1H3,(H,24,26)(H,22,23,25). The minimum absolute atomic E-state index is 0.0826. The SMILES string of the molecule is COC(=O)c1ccccc1NC(=O)c1cnc(Nc2c(F)cccc2F)nc1. The fraction of sp³-hybridized carbons (Fsp3) is 0.0526. The van der Waals surface area contributed by atoms with Crippen LogP contribution in [0.25, 0.3) is 0 Å². The van der Waals surface area contributed by atoms with Gasteiger partial charge in [-0.05, 0) is 24.3 Å². The minimum atomic E-state index is -0.801. The number of amides is 1. The van der Waals surface area contributed by atoms with Crippen molar-refractivity contribution in [1.82, 2.24) is 9.97 Å². The van der Waals surface area contributed by atoms with Crippen LogP contribution in [-0.4, -0.2) is 29.0 Å². The van der Waals surface area contributed by atoms with Crippen molar-refractivity contribution in [1.29, 1.82) is 0 Å². The molecule has 7 nitrogen and oxygen atoms in total. The number of carbonyl (C=O) groups is 2. The lowest BCUT2D eigenvalue weighted by Crippen LogP contribution is -2.16. The van der Waals surface area contributed by atoms with Gasteiger partial charge in [-0.15, -0.1) is 0 Å². The zero-order chi connectivity index (χ0) is 20.1. The molecule has 1 heterocycles. The molecule has 0 aliphatic rings.